The number of nitrogens with zero attached hydrogens (tertiary/aromatic N) is 3. The molecule has 0 saturated carbocycles. The number of rotatable bonds is 6. The molecular formula is C23H24N4O3. The molecule has 0 aromatic heterocycles. The fourth-order valence-electron chi connectivity index (χ4n) is 3.94. The molecule has 3 amide bonds. The van der Waals surface area contributed by atoms with Gasteiger partial charge >= 0.3 is 0 Å². The summed E-state index contributed by atoms with van der Waals surface area (Å²) in [6.45, 7) is 3.29. The van der Waals surface area contributed by atoms with E-state index < -0.39 is 0 Å². The Morgan fingerprint density at radius 3 is 2.43 bits per heavy atom. The number of nitrogens with one attached hydrogen (secondary N) is 1. The Morgan fingerprint density at radius 2 is 1.70 bits per heavy atom. The average Bonchev–Trinajstić information content (AvgIpc) is 3.01. The number of para-hydroxylation sites is 1. The molecule has 2 aliphatic rings. The van der Waals surface area contributed by atoms with Gasteiger partial charge in [0.1, 0.15) is 0 Å². The van der Waals surface area contributed by atoms with E-state index in [1.807, 2.05) is 12.1 Å². The highest BCUT2D eigenvalue weighted by Gasteiger charge is 2.35. The van der Waals surface area contributed by atoms with Crippen LogP contribution in [-0.2, 0) is 11.2 Å². The largest absolute Gasteiger partial charge is 0.371 e. The SMILES string of the molecule is CC(CN1C(=O)c2ccccc2C1=O)=NNC(=O)CCN1CCCc2ccccc21. The number of imide groups is 1. The fraction of sp³-hybridized carbons (Fsp3) is 0.304. The first kappa shape index (κ1) is 19.8. The zero-order valence-corrected chi connectivity index (χ0v) is 16.9. The molecule has 0 spiro atoms. The number of anilines is 1. The van der Waals surface area contributed by atoms with Gasteiger partial charge in [0.15, 0.2) is 0 Å². The molecule has 0 aliphatic carbocycles. The Balaban J connectivity index is 1.30. The van der Waals surface area contributed by atoms with Crippen LogP contribution in [0.5, 0.6) is 0 Å². The molecule has 0 unspecified atom stereocenters. The van der Waals surface area contributed by atoms with E-state index in [1.54, 1.807) is 31.2 Å². The summed E-state index contributed by atoms with van der Waals surface area (Å²) >= 11 is 0. The van der Waals surface area contributed by atoms with Crippen molar-refractivity contribution in [1.82, 2.24) is 10.3 Å². The van der Waals surface area contributed by atoms with Gasteiger partial charge in [-0.25, -0.2) is 5.43 Å². The van der Waals surface area contributed by atoms with Crippen molar-refractivity contribution >= 4 is 29.1 Å². The van der Waals surface area contributed by atoms with E-state index in [0.717, 1.165) is 24.3 Å². The minimum atomic E-state index is -0.333. The molecule has 2 aromatic rings. The molecule has 7 heteroatoms. The van der Waals surface area contributed by atoms with Gasteiger partial charge in [0.25, 0.3) is 11.8 Å². The van der Waals surface area contributed by atoms with Crippen molar-refractivity contribution in [1.29, 1.82) is 0 Å². The lowest BCUT2D eigenvalue weighted by molar-refractivity contribution is -0.120. The van der Waals surface area contributed by atoms with Crippen LogP contribution >= 0.6 is 0 Å². The quantitative estimate of drug-likeness (QED) is 0.456. The van der Waals surface area contributed by atoms with Gasteiger partial charge < -0.3 is 4.90 Å². The number of fused-ring (bicyclic) bond motifs is 2. The smallest absolute Gasteiger partial charge is 0.261 e. The first-order valence-corrected chi connectivity index (χ1v) is 10.1. The number of carbonyl (C=O) groups is 3. The molecule has 1 N–H and O–H groups in total. The molecule has 30 heavy (non-hydrogen) atoms. The summed E-state index contributed by atoms with van der Waals surface area (Å²) in [5, 5.41) is 4.08. The zero-order chi connectivity index (χ0) is 21.1. The van der Waals surface area contributed by atoms with Crippen LogP contribution in [0.15, 0.2) is 53.6 Å². The standard InChI is InChI=1S/C23H24N4O3/c1-16(15-27-22(29)18-9-3-4-10-19(18)23(27)30)24-25-21(28)12-14-26-13-6-8-17-7-2-5-11-20(17)26/h2-5,7,9-11H,6,8,12-15H2,1H3,(H,25,28). The Bertz CT molecular complexity index is 996. The molecule has 2 heterocycles. The molecule has 0 saturated heterocycles. The second-order valence-corrected chi connectivity index (χ2v) is 7.59. The maximum absolute atomic E-state index is 12.4. The molecule has 0 radical (unpaired) electrons. The number of hydrogen-bond acceptors (Lipinski definition) is 5. The van der Waals surface area contributed by atoms with Crippen molar-refractivity contribution in [3.05, 3.63) is 65.2 Å². The minimum Gasteiger partial charge on any atom is -0.371 e. The average molecular weight is 404 g/mol. The summed E-state index contributed by atoms with van der Waals surface area (Å²) in [4.78, 5) is 40.5. The van der Waals surface area contributed by atoms with E-state index in [9.17, 15) is 14.4 Å². The second-order valence-electron chi connectivity index (χ2n) is 7.59. The van der Waals surface area contributed by atoms with Crippen LogP contribution in [0.1, 0.15) is 46.0 Å². The predicted octanol–water partition coefficient (Wildman–Crippen LogP) is 2.62. The summed E-state index contributed by atoms with van der Waals surface area (Å²) in [6.07, 6.45) is 2.47. The monoisotopic (exact) mass is 404 g/mol. The second kappa shape index (κ2) is 8.49. The Morgan fingerprint density at radius 1 is 1.03 bits per heavy atom. The van der Waals surface area contributed by atoms with E-state index in [1.165, 1.54) is 11.3 Å². The predicted molar refractivity (Wildman–Crippen MR) is 115 cm³/mol. The molecule has 0 fully saturated rings. The van der Waals surface area contributed by atoms with Crippen LogP contribution in [0.2, 0.25) is 0 Å². The number of carbonyl (C=O) groups excluding carboxylic acids is 3. The first-order valence-electron chi connectivity index (χ1n) is 10.1. The first-order chi connectivity index (χ1) is 14.5. The molecule has 154 valence electrons. The van der Waals surface area contributed by atoms with Gasteiger partial charge in [-0.2, -0.15) is 5.10 Å². The van der Waals surface area contributed by atoms with Crippen LogP contribution < -0.4 is 10.3 Å². The van der Waals surface area contributed by atoms with E-state index in [2.05, 4.69) is 27.6 Å². The third-order valence-electron chi connectivity index (χ3n) is 5.45. The Labute approximate surface area is 175 Å². The number of amides is 3. The van der Waals surface area contributed by atoms with Crippen molar-refractivity contribution < 1.29 is 14.4 Å². The molecule has 0 bridgehead atoms. The summed E-state index contributed by atoms with van der Waals surface area (Å²) in [5.74, 6) is -0.861. The Kier molecular flexibility index (Phi) is 5.61. The number of aryl methyl sites for hydroxylation is 1. The molecule has 0 atom stereocenters. The lowest BCUT2D eigenvalue weighted by atomic mass is 10.0. The summed E-state index contributed by atoms with van der Waals surface area (Å²) < 4.78 is 0. The molecule has 2 aromatic carbocycles. The van der Waals surface area contributed by atoms with Crippen LogP contribution in [0, 0.1) is 0 Å². The fourth-order valence-corrected chi connectivity index (χ4v) is 3.94. The van der Waals surface area contributed by atoms with Crippen LogP contribution in [0.25, 0.3) is 0 Å². The molecule has 4 rings (SSSR count). The van der Waals surface area contributed by atoms with Crippen molar-refractivity contribution in [2.24, 2.45) is 5.10 Å². The third-order valence-corrected chi connectivity index (χ3v) is 5.45. The van der Waals surface area contributed by atoms with Crippen molar-refractivity contribution in [3.63, 3.8) is 0 Å². The minimum absolute atomic E-state index is 0.0477. The van der Waals surface area contributed by atoms with Gasteiger partial charge in [-0.15, -0.1) is 0 Å². The van der Waals surface area contributed by atoms with Gasteiger partial charge in [-0.05, 0) is 43.5 Å². The summed E-state index contributed by atoms with van der Waals surface area (Å²) in [7, 11) is 0. The van der Waals surface area contributed by atoms with Gasteiger partial charge in [-0.3, -0.25) is 19.3 Å². The highest BCUT2D eigenvalue weighted by molar-refractivity contribution is 6.22. The maximum atomic E-state index is 12.4. The number of hydrogen-bond donors (Lipinski definition) is 1. The highest BCUT2D eigenvalue weighted by atomic mass is 16.2. The van der Waals surface area contributed by atoms with E-state index >= 15 is 0 Å². The van der Waals surface area contributed by atoms with E-state index in [-0.39, 0.29) is 24.3 Å². The highest BCUT2D eigenvalue weighted by Crippen LogP contribution is 2.26. The van der Waals surface area contributed by atoms with Crippen molar-refractivity contribution in [2.75, 3.05) is 24.5 Å². The van der Waals surface area contributed by atoms with Crippen molar-refractivity contribution in [2.45, 2.75) is 26.2 Å². The van der Waals surface area contributed by atoms with Gasteiger partial charge in [0.05, 0.1) is 23.4 Å². The maximum Gasteiger partial charge on any atom is 0.261 e. The van der Waals surface area contributed by atoms with Gasteiger partial charge in [0.2, 0.25) is 5.91 Å². The van der Waals surface area contributed by atoms with Crippen LogP contribution in [0.3, 0.4) is 0 Å². The Hall–Kier alpha value is -3.48. The molecular weight excluding hydrogens is 380 g/mol. The van der Waals surface area contributed by atoms with Crippen molar-refractivity contribution in [3.8, 4) is 0 Å². The topological polar surface area (TPSA) is 82.1 Å². The molecule has 2 aliphatic heterocycles. The summed E-state index contributed by atoms with van der Waals surface area (Å²) in [6, 6.07) is 15.0. The lowest BCUT2D eigenvalue weighted by Gasteiger charge is -2.31. The number of benzene rings is 2. The normalized spacial score (nSPS) is 15.8. The zero-order valence-electron chi connectivity index (χ0n) is 16.9. The number of hydrazone groups is 1. The summed E-state index contributed by atoms with van der Waals surface area (Å²) in [5.41, 5.74) is 6.35. The van der Waals surface area contributed by atoms with Crippen LogP contribution in [-0.4, -0.2) is 48.0 Å². The van der Waals surface area contributed by atoms with Crippen LogP contribution in [0.4, 0.5) is 5.69 Å². The lowest BCUT2D eigenvalue weighted by Crippen LogP contribution is -2.35. The van der Waals surface area contributed by atoms with E-state index in [4.69, 9.17) is 0 Å². The molecule has 7 nitrogen and oxygen atoms in total. The van der Waals surface area contributed by atoms with Gasteiger partial charge in [-0.1, -0.05) is 30.3 Å². The third kappa shape index (κ3) is 3.96. The van der Waals surface area contributed by atoms with E-state index in [0.29, 0.717) is 29.8 Å². The van der Waals surface area contributed by atoms with Gasteiger partial charge in [0, 0.05) is 25.2 Å².